The van der Waals surface area contributed by atoms with E-state index in [1.807, 2.05) is 0 Å². The summed E-state index contributed by atoms with van der Waals surface area (Å²) in [5, 5.41) is 23.6. The second-order valence-electron chi connectivity index (χ2n) is 16.2. The van der Waals surface area contributed by atoms with Gasteiger partial charge in [-0.15, -0.1) is 0 Å². The largest absolute Gasteiger partial charge is 0.462 e. The van der Waals surface area contributed by atoms with E-state index < -0.39 is 18.2 Å². The fraction of sp³-hybridized carbons (Fsp3) is 0.875. The van der Waals surface area contributed by atoms with Crippen molar-refractivity contribution >= 4 is 11.9 Å². The molecule has 3 atom stereocenters. The molecule has 0 aliphatic carbocycles. The maximum Gasteiger partial charge on any atom is 0.306 e. The third-order valence-corrected chi connectivity index (χ3v) is 10.8. The molecule has 54 heavy (non-hydrogen) atoms. The SMILES string of the molecule is CCCC/C=C\CCCCCC(CC(=O)NC(CO)C(O)CCCCCCCCCCCCCCC)OC(=O)CCCCC/C=C\CCCCCCCC. The van der Waals surface area contributed by atoms with E-state index in [1.54, 1.807) is 0 Å². The lowest BCUT2D eigenvalue weighted by Gasteiger charge is -2.24. The third kappa shape index (κ3) is 37.3. The molecule has 0 rings (SSSR count). The molecule has 6 heteroatoms. The van der Waals surface area contributed by atoms with Crippen LogP contribution >= 0.6 is 0 Å². The van der Waals surface area contributed by atoms with Gasteiger partial charge in [-0.25, -0.2) is 0 Å². The average molecular weight is 762 g/mol. The van der Waals surface area contributed by atoms with Crippen LogP contribution in [0.1, 0.15) is 245 Å². The Kier molecular flexibility index (Phi) is 41.2. The lowest BCUT2D eigenvalue weighted by Crippen LogP contribution is -2.46. The molecule has 0 saturated carbocycles. The van der Waals surface area contributed by atoms with E-state index in [0.717, 1.165) is 77.0 Å². The summed E-state index contributed by atoms with van der Waals surface area (Å²) in [6.07, 6.45) is 46.7. The number of esters is 1. The van der Waals surface area contributed by atoms with Crippen molar-refractivity contribution in [2.24, 2.45) is 0 Å². The summed E-state index contributed by atoms with van der Waals surface area (Å²) in [6.45, 7) is 6.42. The molecule has 1 amide bonds. The van der Waals surface area contributed by atoms with Crippen molar-refractivity contribution in [2.45, 2.75) is 264 Å². The van der Waals surface area contributed by atoms with E-state index in [2.05, 4.69) is 50.4 Å². The van der Waals surface area contributed by atoms with Gasteiger partial charge in [0.2, 0.25) is 5.91 Å². The molecule has 0 radical (unpaired) electrons. The summed E-state index contributed by atoms with van der Waals surface area (Å²) in [6, 6.07) is -0.703. The van der Waals surface area contributed by atoms with Gasteiger partial charge < -0.3 is 20.3 Å². The fourth-order valence-electron chi connectivity index (χ4n) is 7.11. The highest BCUT2D eigenvalue weighted by atomic mass is 16.5. The minimum absolute atomic E-state index is 0.0635. The van der Waals surface area contributed by atoms with E-state index in [-0.39, 0.29) is 24.9 Å². The Morgan fingerprint density at radius 3 is 1.39 bits per heavy atom. The van der Waals surface area contributed by atoms with Gasteiger partial charge in [0, 0.05) is 6.42 Å². The summed E-state index contributed by atoms with van der Waals surface area (Å²) in [7, 11) is 0. The maximum absolute atomic E-state index is 13.1. The van der Waals surface area contributed by atoms with Crippen molar-refractivity contribution in [2.75, 3.05) is 6.61 Å². The molecule has 0 heterocycles. The van der Waals surface area contributed by atoms with Gasteiger partial charge in [-0.1, -0.05) is 186 Å². The number of aliphatic hydroxyl groups excluding tert-OH is 2. The molecular weight excluding hydrogens is 671 g/mol. The van der Waals surface area contributed by atoms with Gasteiger partial charge >= 0.3 is 5.97 Å². The van der Waals surface area contributed by atoms with Gasteiger partial charge in [0.05, 0.1) is 25.2 Å². The van der Waals surface area contributed by atoms with Gasteiger partial charge in [0.1, 0.15) is 6.10 Å². The lowest BCUT2D eigenvalue weighted by atomic mass is 10.0. The summed E-state index contributed by atoms with van der Waals surface area (Å²) >= 11 is 0. The lowest BCUT2D eigenvalue weighted by molar-refractivity contribution is -0.151. The summed E-state index contributed by atoms with van der Waals surface area (Å²) in [4.78, 5) is 25.9. The maximum atomic E-state index is 13.1. The number of ether oxygens (including phenoxy) is 1. The normalized spacial score (nSPS) is 13.5. The molecule has 3 unspecified atom stereocenters. The van der Waals surface area contributed by atoms with Crippen LogP contribution < -0.4 is 5.32 Å². The summed E-state index contributed by atoms with van der Waals surface area (Å²) < 4.78 is 5.88. The number of carbonyl (C=O) groups is 2. The van der Waals surface area contributed by atoms with E-state index in [1.165, 1.54) is 122 Å². The molecule has 318 valence electrons. The zero-order chi connectivity index (χ0) is 39.6. The predicted octanol–water partition coefficient (Wildman–Crippen LogP) is 13.6. The highest BCUT2D eigenvalue weighted by Crippen LogP contribution is 2.17. The van der Waals surface area contributed by atoms with Gasteiger partial charge in [-0.05, 0) is 70.6 Å². The van der Waals surface area contributed by atoms with E-state index in [9.17, 15) is 19.8 Å². The first kappa shape index (κ1) is 52.3. The van der Waals surface area contributed by atoms with Crippen molar-refractivity contribution in [1.29, 1.82) is 0 Å². The van der Waals surface area contributed by atoms with Crippen LogP contribution in [-0.2, 0) is 14.3 Å². The number of rotatable bonds is 42. The van der Waals surface area contributed by atoms with Crippen LogP contribution in [0.2, 0.25) is 0 Å². The molecule has 0 fully saturated rings. The van der Waals surface area contributed by atoms with Gasteiger partial charge in [-0.2, -0.15) is 0 Å². The van der Waals surface area contributed by atoms with E-state index in [4.69, 9.17) is 4.74 Å². The molecule has 0 aromatic rings. The Labute approximate surface area is 335 Å². The highest BCUT2D eigenvalue weighted by molar-refractivity contribution is 5.77. The molecule has 0 aliphatic heterocycles. The van der Waals surface area contributed by atoms with Crippen molar-refractivity contribution in [1.82, 2.24) is 5.32 Å². The van der Waals surface area contributed by atoms with Crippen molar-refractivity contribution in [3.63, 3.8) is 0 Å². The van der Waals surface area contributed by atoms with Crippen molar-refractivity contribution < 1.29 is 24.5 Å². The van der Waals surface area contributed by atoms with Crippen LogP contribution in [0.5, 0.6) is 0 Å². The smallest absolute Gasteiger partial charge is 0.306 e. The zero-order valence-corrected chi connectivity index (χ0v) is 36.1. The van der Waals surface area contributed by atoms with Crippen molar-refractivity contribution in [3.8, 4) is 0 Å². The molecule has 0 spiro atoms. The first-order valence-corrected chi connectivity index (χ1v) is 23.6. The first-order valence-electron chi connectivity index (χ1n) is 23.6. The average Bonchev–Trinajstić information content (AvgIpc) is 3.16. The number of nitrogens with one attached hydrogen (secondary N) is 1. The third-order valence-electron chi connectivity index (χ3n) is 10.8. The van der Waals surface area contributed by atoms with Gasteiger partial charge in [0.25, 0.3) is 0 Å². The Morgan fingerprint density at radius 1 is 0.519 bits per heavy atom. The first-order chi connectivity index (χ1) is 26.5. The van der Waals surface area contributed by atoms with E-state index in [0.29, 0.717) is 19.3 Å². The molecule has 0 aliphatic rings. The minimum atomic E-state index is -0.788. The molecule has 3 N–H and O–H groups in total. The molecule has 0 saturated heterocycles. The molecule has 0 bridgehead atoms. The topological polar surface area (TPSA) is 95.9 Å². The monoisotopic (exact) mass is 762 g/mol. The Morgan fingerprint density at radius 2 is 0.907 bits per heavy atom. The number of carbonyl (C=O) groups excluding carboxylic acids is 2. The molecule has 0 aromatic heterocycles. The van der Waals surface area contributed by atoms with Crippen LogP contribution in [0.4, 0.5) is 0 Å². The number of hydrogen-bond acceptors (Lipinski definition) is 5. The van der Waals surface area contributed by atoms with Gasteiger partial charge in [0.15, 0.2) is 0 Å². The quantitative estimate of drug-likeness (QED) is 0.0327. The molecule has 0 aromatic carbocycles. The Balaban J connectivity index is 4.52. The number of allylic oxidation sites excluding steroid dienone is 4. The van der Waals surface area contributed by atoms with Crippen LogP contribution in [0.25, 0.3) is 0 Å². The Hall–Kier alpha value is -1.66. The predicted molar refractivity (Wildman–Crippen MR) is 232 cm³/mol. The van der Waals surface area contributed by atoms with E-state index >= 15 is 0 Å². The van der Waals surface area contributed by atoms with Gasteiger partial charge in [-0.3, -0.25) is 9.59 Å². The minimum Gasteiger partial charge on any atom is -0.462 e. The van der Waals surface area contributed by atoms with Crippen LogP contribution in [-0.4, -0.2) is 46.9 Å². The van der Waals surface area contributed by atoms with Crippen LogP contribution in [0.3, 0.4) is 0 Å². The molecular formula is C48H91NO5. The van der Waals surface area contributed by atoms with Crippen LogP contribution in [0, 0.1) is 0 Å². The molecule has 6 nitrogen and oxygen atoms in total. The highest BCUT2D eigenvalue weighted by Gasteiger charge is 2.24. The second kappa shape index (κ2) is 42.5. The summed E-state index contributed by atoms with van der Waals surface area (Å²) in [5.41, 5.74) is 0. The number of hydrogen-bond donors (Lipinski definition) is 3. The number of aliphatic hydroxyl groups is 2. The zero-order valence-electron chi connectivity index (χ0n) is 36.1. The fourth-order valence-corrected chi connectivity index (χ4v) is 7.11. The number of unbranched alkanes of at least 4 members (excludes halogenated alkanes) is 26. The Bertz CT molecular complexity index is 858. The second-order valence-corrected chi connectivity index (χ2v) is 16.2. The number of amides is 1. The van der Waals surface area contributed by atoms with Crippen molar-refractivity contribution in [3.05, 3.63) is 24.3 Å². The standard InChI is InChI=1S/C48H91NO5/c1-4-7-10-13-16-19-21-23-25-28-31-34-37-40-46(51)45(43-50)49-47(52)42-44(39-36-33-30-27-18-15-12-9-6-3)54-48(53)41-38-35-32-29-26-24-22-20-17-14-11-8-5-2/h15,18,24,26,44-46,50-51H,4-14,16-17,19-23,25,27-43H2,1-3H3,(H,49,52)/b18-15-,26-24-. The summed E-state index contributed by atoms with van der Waals surface area (Å²) in [5.74, 6) is -0.505. The van der Waals surface area contributed by atoms with Crippen LogP contribution in [0.15, 0.2) is 24.3 Å².